The highest BCUT2D eigenvalue weighted by atomic mass is 127. The third-order valence-corrected chi connectivity index (χ3v) is 4.20. The number of aliphatic imine (C=N–C) groups is 1. The van der Waals surface area contributed by atoms with E-state index in [4.69, 9.17) is 9.47 Å². The van der Waals surface area contributed by atoms with E-state index >= 15 is 0 Å². The number of nitrogens with zero attached hydrogens (tertiary/aromatic N) is 2. The van der Waals surface area contributed by atoms with Gasteiger partial charge in [0.15, 0.2) is 17.5 Å². The second-order valence-corrected chi connectivity index (χ2v) is 6.37. The Labute approximate surface area is 178 Å². The van der Waals surface area contributed by atoms with Gasteiger partial charge in [-0.25, -0.2) is 0 Å². The summed E-state index contributed by atoms with van der Waals surface area (Å²) < 4.78 is 11.7. The van der Waals surface area contributed by atoms with Gasteiger partial charge in [-0.05, 0) is 29.8 Å². The molecule has 0 spiro atoms. The molecule has 7 heteroatoms. The molecule has 0 saturated carbocycles. The molecule has 27 heavy (non-hydrogen) atoms. The van der Waals surface area contributed by atoms with E-state index in [0.29, 0.717) is 19.7 Å². The monoisotopic (exact) mass is 482 g/mol. The Balaban J connectivity index is 0.00000261. The fraction of sp³-hybridized carbons (Fsp3) is 0.350. The molecule has 0 amide bonds. The fourth-order valence-corrected chi connectivity index (χ4v) is 2.69. The molecule has 146 valence electrons. The first kappa shape index (κ1) is 21.1. The number of hydrogen-bond acceptors (Lipinski definition) is 4. The zero-order chi connectivity index (χ0) is 18.4. The maximum atomic E-state index is 5.95. The molecule has 0 radical (unpaired) electrons. The maximum Gasteiger partial charge on any atom is 0.191 e. The van der Waals surface area contributed by atoms with Crippen molar-refractivity contribution in [3.8, 4) is 11.5 Å². The molecule has 0 saturated heterocycles. The number of rotatable bonds is 5. The molecule has 0 aliphatic carbocycles. The summed E-state index contributed by atoms with van der Waals surface area (Å²) in [5.41, 5.74) is 2.38. The van der Waals surface area contributed by atoms with E-state index in [1.807, 2.05) is 38.4 Å². The molecule has 0 fully saturated rings. The molecule has 0 aromatic heterocycles. The number of para-hydroxylation sites is 2. The largest absolute Gasteiger partial charge is 0.486 e. The van der Waals surface area contributed by atoms with Gasteiger partial charge in [0.2, 0.25) is 0 Å². The summed E-state index contributed by atoms with van der Waals surface area (Å²) in [6.07, 6.45) is -0.0529. The average molecular weight is 482 g/mol. The Morgan fingerprint density at radius 2 is 1.78 bits per heavy atom. The minimum atomic E-state index is -0.0529. The Morgan fingerprint density at radius 3 is 2.44 bits per heavy atom. The van der Waals surface area contributed by atoms with E-state index in [0.717, 1.165) is 17.5 Å². The van der Waals surface area contributed by atoms with Crippen LogP contribution in [0, 0.1) is 0 Å². The summed E-state index contributed by atoms with van der Waals surface area (Å²) in [7, 11) is 5.83. The van der Waals surface area contributed by atoms with Crippen molar-refractivity contribution in [2.75, 3.05) is 39.2 Å². The van der Waals surface area contributed by atoms with Crippen molar-refractivity contribution in [1.82, 2.24) is 10.6 Å². The lowest BCUT2D eigenvalue weighted by Crippen LogP contribution is -2.45. The summed E-state index contributed by atoms with van der Waals surface area (Å²) in [5, 5.41) is 6.62. The van der Waals surface area contributed by atoms with E-state index in [1.54, 1.807) is 7.05 Å². The molecular formula is C20H27IN4O2. The molecule has 0 bridgehead atoms. The standard InChI is InChI=1S/C20H26N4O2.HI/c1-21-20(22-12-15-8-10-16(11-9-15)24(2)3)23-13-17-14-25-18-6-4-5-7-19(18)26-17;/h4-11,17H,12-14H2,1-3H3,(H2,21,22,23);1H. The van der Waals surface area contributed by atoms with E-state index in [2.05, 4.69) is 44.8 Å². The number of halogens is 1. The second kappa shape index (κ2) is 10.2. The lowest BCUT2D eigenvalue weighted by Gasteiger charge is -2.27. The molecule has 1 heterocycles. The van der Waals surface area contributed by atoms with Crippen LogP contribution in [0.2, 0.25) is 0 Å². The van der Waals surface area contributed by atoms with E-state index in [9.17, 15) is 0 Å². The van der Waals surface area contributed by atoms with Gasteiger partial charge >= 0.3 is 0 Å². The minimum Gasteiger partial charge on any atom is -0.486 e. The Hall–Kier alpha value is -2.16. The molecular weight excluding hydrogens is 455 g/mol. The zero-order valence-corrected chi connectivity index (χ0v) is 18.3. The van der Waals surface area contributed by atoms with Crippen LogP contribution in [0.15, 0.2) is 53.5 Å². The SMILES string of the molecule is CN=C(NCc1ccc(N(C)C)cc1)NCC1COc2ccccc2O1.I. The predicted molar refractivity (Wildman–Crippen MR) is 121 cm³/mol. The molecule has 2 N–H and O–H groups in total. The number of nitrogens with one attached hydrogen (secondary N) is 2. The molecule has 1 unspecified atom stereocenters. The molecule has 2 aromatic rings. The molecule has 1 atom stereocenters. The first-order valence-corrected chi connectivity index (χ1v) is 8.75. The lowest BCUT2D eigenvalue weighted by molar-refractivity contribution is 0.0936. The van der Waals surface area contributed by atoms with Gasteiger partial charge in [-0.3, -0.25) is 4.99 Å². The number of anilines is 1. The van der Waals surface area contributed by atoms with Crippen LogP contribution in [-0.2, 0) is 6.54 Å². The van der Waals surface area contributed by atoms with Crippen LogP contribution in [0.4, 0.5) is 5.69 Å². The lowest BCUT2D eigenvalue weighted by atomic mass is 10.2. The van der Waals surface area contributed by atoms with Gasteiger partial charge in [0.1, 0.15) is 12.7 Å². The Bertz CT molecular complexity index is 750. The van der Waals surface area contributed by atoms with Crippen molar-refractivity contribution in [2.45, 2.75) is 12.6 Å². The summed E-state index contributed by atoms with van der Waals surface area (Å²) in [6, 6.07) is 16.2. The van der Waals surface area contributed by atoms with Crippen LogP contribution in [0.25, 0.3) is 0 Å². The van der Waals surface area contributed by atoms with Gasteiger partial charge in [0, 0.05) is 33.4 Å². The predicted octanol–water partition coefficient (Wildman–Crippen LogP) is 2.88. The van der Waals surface area contributed by atoms with Crippen LogP contribution in [-0.4, -0.2) is 46.4 Å². The maximum absolute atomic E-state index is 5.95. The molecule has 3 rings (SSSR count). The van der Waals surface area contributed by atoms with Gasteiger partial charge in [-0.2, -0.15) is 0 Å². The van der Waals surface area contributed by atoms with Crippen LogP contribution >= 0.6 is 24.0 Å². The normalized spacial score (nSPS) is 15.5. The fourth-order valence-electron chi connectivity index (χ4n) is 2.69. The average Bonchev–Trinajstić information content (AvgIpc) is 2.68. The van der Waals surface area contributed by atoms with Crippen LogP contribution in [0.1, 0.15) is 5.56 Å². The first-order valence-electron chi connectivity index (χ1n) is 8.75. The van der Waals surface area contributed by atoms with Gasteiger partial charge < -0.3 is 25.0 Å². The molecule has 1 aliphatic heterocycles. The van der Waals surface area contributed by atoms with Crippen molar-refractivity contribution in [1.29, 1.82) is 0 Å². The minimum absolute atomic E-state index is 0. The number of benzene rings is 2. The van der Waals surface area contributed by atoms with Gasteiger partial charge in [-0.1, -0.05) is 24.3 Å². The van der Waals surface area contributed by atoms with Crippen LogP contribution in [0.5, 0.6) is 11.5 Å². The third kappa shape index (κ3) is 5.92. The van der Waals surface area contributed by atoms with Gasteiger partial charge in [0.25, 0.3) is 0 Å². The van der Waals surface area contributed by atoms with Crippen molar-refractivity contribution in [2.24, 2.45) is 4.99 Å². The third-order valence-electron chi connectivity index (χ3n) is 4.20. The molecule has 1 aliphatic rings. The Kier molecular flexibility index (Phi) is 8.02. The zero-order valence-electron chi connectivity index (χ0n) is 15.9. The summed E-state index contributed by atoms with van der Waals surface area (Å²) >= 11 is 0. The van der Waals surface area contributed by atoms with Crippen molar-refractivity contribution in [3.05, 3.63) is 54.1 Å². The highest BCUT2D eigenvalue weighted by Gasteiger charge is 2.20. The smallest absolute Gasteiger partial charge is 0.191 e. The van der Waals surface area contributed by atoms with Crippen molar-refractivity contribution < 1.29 is 9.47 Å². The van der Waals surface area contributed by atoms with E-state index in [1.165, 1.54) is 11.3 Å². The van der Waals surface area contributed by atoms with Crippen LogP contribution in [0.3, 0.4) is 0 Å². The Morgan fingerprint density at radius 1 is 1.07 bits per heavy atom. The summed E-state index contributed by atoms with van der Waals surface area (Å²) in [6.45, 7) is 1.85. The number of guanidine groups is 1. The van der Waals surface area contributed by atoms with E-state index in [-0.39, 0.29) is 30.1 Å². The topological polar surface area (TPSA) is 58.1 Å². The molecule has 6 nitrogen and oxygen atoms in total. The highest BCUT2D eigenvalue weighted by molar-refractivity contribution is 14.0. The number of hydrogen-bond donors (Lipinski definition) is 2. The van der Waals surface area contributed by atoms with Crippen molar-refractivity contribution in [3.63, 3.8) is 0 Å². The number of fused-ring (bicyclic) bond motifs is 1. The van der Waals surface area contributed by atoms with Crippen molar-refractivity contribution >= 4 is 35.6 Å². The summed E-state index contributed by atoms with van der Waals surface area (Å²) in [5.74, 6) is 2.33. The second-order valence-electron chi connectivity index (χ2n) is 6.37. The highest BCUT2D eigenvalue weighted by Crippen LogP contribution is 2.30. The van der Waals surface area contributed by atoms with Crippen LogP contribution < -0.4 is 25.0 Å². The first-order chi connectivity index (χ1) is 12.7. The van der Waals surface area contributed by atoms with Gasteiger partial charge in [-0.15, -0.1) is 24.0 Å². The molecule has 2 aromatic carbocycles. The summed E-state index contributed by atoms with van der Waals surface area (Å²) in [4.78, 5) is 6.35. The quantitative estimate of drug-likeness (QED) is 0.390. The van der Waals surface area contributed by atoms with E-state index < -0.39 is 0 Å². The van der Waals surface area contributed by atoms with Gasteiger partial charge in [0.05, 0.1) is 6.54 Å². The number of ether oxygens (including phenoxy) is 2.